The van der Waals surface area contributed by atoms with E-state index in [1.54, 1.807) is 12.1 Å². The standard InChI is InChI=1S/C58H48N2O18/c1-6-7-8-9-12-15-30-64-45-24-19-41(20-25-45)56-47-28-18-37(2)31-51(47)55(48-29-23-43(33-52(48)56)44-34-50-40(5)39(4)49-32-38(3)35-59-57(49)58(50)60-36-44)42-21-26-46(27-22-42)65-53(61)16-13-10-11-14-17-54(62)66-68-70-72-74-76-78-77-75-73-71-69-67-63/h18-29,31-36,63H,6-9,12,15,30H2,1-5H3. The van der Waals surface area contributed by atoms with E-state index in [0.29, 0.717) is 6.61 Å². The topological polar surface area (TPSA) is 219 Å². The van der Waals surface area contributed by atoms with E-state index < -0.39 is 11.9 Å². The van der Waals surface area contributed by atoms with Crippen LogP contribution < -0.4 is 9.47 Å². The summed E-state index contributed by atoms with van der Waals surface area (Å²) in [5.41, 5.74) is 12.3. The summed E-state index contributed by atoms with van der Waals surface area (Å²) in [5, 5.41) is 56.8. The molecule has 0 bridgehead atoms. The van der Waals surface area contributed by atoms with Crippen LogP contribution in [0.4, 0.5) is 0 Å². The molecule has 2 aromatic heterocycles. The summed E-state index contributed by atoms with van der Waals surface area (Å²) in [4.78, 5) is 38.3. The smallest absolute Gasteiger partial charge is 0.421 e. The summed E-state index contributed by atoms with van der Waals surface area (Å²) in [7, 11) is 0. The number of pyridine rings is 2. The van der Waals surface area contributed by atoms with E-state index in [-0.39, 0.29) is 5.75 Å². The van der Waals surface area contributed by atoms with E-state index in [0.717, 1.165) is 106 Å². The van der Waals surface area contributed by atoms with E-state index in [9.17, 15) is 9.59 Å². The van der Waals surface area contributed by atoms with Gasteiger partial charge in [0, 0.05) is 70.8 Å². The number of carbonyl (C=O) groups excluding carboxylic acids is 2. The van der Waals surface area contributed by atoms with Gasteiger partial charge in [0.1, 0.15) is 11.5 Å². The summed E-state index contributed by atoms with van der Waals surface area (Å²) >= 11 is 0. The van der Waals surface area contributed by atoms with Crippen LogP contribution in [0, 0.1) is 63.2 Å². The van der Waals surface area contributed by atoms with Gasteiger partial charge < -0.3 is 9.47 Å². The number of esters is 1. The van der Waals surface area contributed by atoms with Gasteiger partial charge in [-0.3, -0.25) is 14.9 Å². The van der Waals surface area contributed by atoms with Crippen molar-refractivity contribution in [1.29, 1.82) is 0 Å². The van der Waals surface area contributed by atoms with Crippen LogP contribution in [-0.4, -0.2) is 33.8 Å². The molecule has 0 saturated heterocycles. The zero-order chi connectivity index (χ0) is 54.6. The van der Waals surface area contributed by atoms with E-state index in [1.165, 1.54) is 36.8 Å². The lowest BCUT2D eigenvalue weighted by Crippen LogP contribution is -2.06. The molecule has 20 nitrogen and oxygen atoms in total. The molecule has 8 rings (SSSR count). The number of aromatic nitrogens is 2. The molecule has 0 aliphatic rings. The molecule has 0 radical (unpaired) electrons. The molecule has 2 heterocycles. The summed E-state index contributed by atoms with van der Waals surface area (Å²) < 4.78 is 11.7. The van der Waals surface area contributed by atoms with Crippen LogP contribution in [0.5, 0.6) is 11.5 Å². The number of unbranched alkanes of at least 4 members (excludes halogenated alkanes) is 5. The highest BCUT2D eigenvalue weighted by Crippen LogP contribution is 2.46. The average Bonchev–Trinajstić information content (AvgIpc) is 3.65. The van der Waals surface area contributed by atoms with Crippen molar-refractivity contribution in [2.75, 3.05) is 6.61 Å². The Morgan fingerprint density at radius 3 is 1.60 bits per heavy atom. The number of ether oxygens (including phenoxy) is 2. The van der Waals surface area contributed by atoms with Crippen molar-refractivity contribution in [3.05, 3.63) is 132 Å². The molecule has 0 amide bonds. The zero-order valence-corrected chi connectivity index (χ0v) is 42.6. The summed E-state index contributed by atoms with van der Waals surface area (Å²) in [5.74, 6) is 12.0. The maximum Gasteiger partial charge on any atom is 0.421 e. The Balaban J connectivity index is 1.02. The molecule has 78 heavy (non-hydrogen) atoms. The number of rotatable bonds is 24. The first kappa shape index (κ1) is 55.8. The Hall–Kier alpha value is -8.44. The molecular formula is C58H48N2O18. The predicted octanol–water partition coefficient (Wildman–Crippen LogP) is 12.2. The van der Waals surface area contributed by atoms with Crippen molar-refractivity contribution in [3.8, 4) is 80.4 Å². The summed E-state index contributed by atoms with van der Waals surface area (Å²) in [6.45, 7) is 11.3. The van der Waals surface area contributed by atoms with E-state index in [2.05, 4.69) is 202 Å². The molecule has 0 unspecified atom stereocenters. The minimum Gasteiger partial charge on any atom is -0.494 e. The van der Waals surface area contributed by atoms with Crippen molar-refractivity contribution in [3.63, 3.8) is 0 Å². The first-order valence-electron chi connectivity index (χ1n) is 24.2. The Bertz CT molecular complexity index is 3630. The lowest BCUT2D eigenvalue weighted by atomic mass is 9.84. The van der Waals surface area contributed by atoms with Gasteiger partial charge in [0.2, 0.25) is 0 Å². The number of benzene rings is 6. The van der Waals surface area contributed by atoms with Crippen molar-refractivity contribution in [2.24, 2.45) is 0 Å². The van der Waals surface area contributed by atoms with Gasteiger partial charge in [0.15, 0.2) is 0 Å². The van der Waals surface area contributed by atoms with Crippen molar-refractivity contribution in [2.45, 2.75) is 73.1 Å². The number of hydrogen-bond acceptors (Lipinski definition) is 20. The molecule has 1 N–H and O–H groups in total. The van der Waals surface area contributed by atoms with E-state index >= 15 is 0 Å². The normalized spacial score (nSPS) is 10.9. The second-order valence-corrected chi connectivity index (χ2v) is 17.3. The Morgan fingerprint density at radius 2 is 0.962 bits per heavy atom. The molecule has 8 aromatic rings. The zero-order valence-electron chi connectivity index (χ0n) is 42.6. The largest absolute Gasteiger partial charge is 0.494 e. The van der Waals surface area contributed by atoms with Gasteiger partial charge in [0.25, 0.3) is 0 Å². The van der Waals surface area contributed by atoms with Gasteiger partial charge in [-0.15, -0.1) is 0 Å². The van der Waals surface area contributed by atoms with Crippen LogP contribution in [0.2, 0.25) is 0 Å². The fraction of sp³-hybridized carbons (Fsp3) is 0.207. The predicted molar refractivity (Wildman–Crippen MR) is 277 cm³/mol. The maximum absolute atomic E-state index is 12.7. The fourth-order valence-electron chi connectivity index (χ4n) is 8.71. The Labute approximate surface area is 445 Å². The third-order valence-electron chi connectivity index (χ3n) is 12.3. The van der Waals surface area contributed by atoms with Gasteiger partial charge in [-0.2, -0.15) is 0 Å². The second-order valence-electron chi connectivity index (χ2n) is 17.3. The SMILES string of the molecule is CCCCCCCCOc1ccc(-c2c3ccc(C)cc3c(-c3ccc(OC(=O)C#CC#CC#CC(=O)OOOOOOOOOOOOOO)cc3)c3ccc(-c4cnc5c(c4)c(C)c(C)c4cc(C)cnc45)cc23)cc1. The Morgan fingerprint density at radius 1 is 0.462 bits per heavy atom. The molecule has 0 aliphatic carbocycles. The molecule has 0 aliphatic heterocycles. The van der Waals surface area contributed by atoms with Crippen LogP contribution in [0.3, 0.4) is 0 Å². The third kappa shape index (κ3) is 14.5. The van der Waals surface area contributed by atoms with Gasteiger partial charge in [-0.1, -0.05) is 99.2 Å². The van der Waals surface area contributed by atoms with Crippen molar-refractivity contribution < 1.29 is 89.7 Å². The number of aryl methyl sites for hydroxylation is 4. The molecule has 398 valence electrons. The van der Waals surface area contributed by atoms with E-state index in [4.69, 9.17) is 24.7 Å². The fourth-order valence-corrected chi connectivity index (χ4v) is 8.71. The highest BCUT2D eigenvalue weighted by molar-refractivity contribution is 6.22. The lowest BCUT2D eigenvalue weighted by Gasteiger charge is -2.20. The van der Waals surface area contributed by atoms with Crippen LogP contribution in [0.1, 0.15) is 67.7 Å². The van der Waals surface area contributed by atoms with Crippen LogP contribution in [0.15, 0.2) is 109 Å². The van der Waals surface area contributed by atoms with E-state index in [1.807, 2.05) is 30.4 Å². The second kappa shape index (κ2) is 28.1. The highest BCUT2D eigenvalue weighted by Gasteiger charge is 2.20. The quantitative estimate of drug-likeness (QED) is 0.00684. The number of hydrogen-bond donors (Lipinski definition) is 1. The number of fused-ring (bicyclic) bond motifs is 5. The van der Waals surface area contributed by atoms with Crippen LogP contribution >= 0.6 is 0 Å². The minimum absolute atomic E-state index is 0.253. The number of carbonyl (C=O) groups is 2. The molecule has 6 aromatic carbocycles. The van der Waals surface area contributed by atoms with Gasteiger partial charge in [-0.25, -0.2) is 14.8 Å². The van der Waals surface area contributed by atoms with Crippen LogP contribution in [0.25, 0.3) is 76.7 Å². The maximum atomic E-state index is 12.7. The summed E-state index contributed by atoms with van der Waals surface area (Å²) in [6.07, 6.45) is 11.0. The van der Waals surface area contributed by atoms with Crippen LogP contribution in [-0.2, 0) is 74.9 Å². The molecule has 0 saturated carbocycles. The Kier molecular flexibility index (Phi) is 20.1. The summed E-state index contributed by atoms with van der Waals surface area (Å²) in [6, 6.07) is 33.2. The first-order valence-corrected chi connectivity index (χ1v) is 24.2. The molecule has 0 atom stereocenters. The minimum atomic E-state index is -1.29. The van der Waals surface area contributed by atoms with Gasteiger partial charge in [0.05, 0.1) is 17.6 Å². The highest BCUT2D eigenvalue weighted by atomic mass is 18.0. The van der Waals surface area contributed by atoms with Crippen molar-refractivity contribution >= 4 is 55.3 Å². The lowest BCUT2D eigenvalue weighted by molar-refractivity contribution is -0.874. The molecule has 0 spiro atoms. The molecule has 0 fully saturated rings. The monoisotopic (exact) mass is 1060 g/mol. The van der Waals surface area contributed by atoms with Crippen molar-refractivity contribution in [1.82, 2.24) is 9.97 Å². The van der Waals surface area contributed by atoms with Gasteiger partial charge >= 0.3 is 11.9 Å². The third-order valence-corrected chi connectivity index (χ3v) is 12.3. The van der Waals surface area contributed by atoms with Gasteiger partial charge in [-0.05, 0) is 197 Å². The first-order chi connectivity index (χ1) is 38.1. The number of nitrogens with zero attached hydrogens (tertiary/aromatic N) is 2. The average molecular weight is 1060 g/mol. The molecule has 20 heteroatoms. The molecular weight excluding hydrogens is 1010 g/mol.